The van der Waals surface area contributed by atoms with Crippen molar-refractivity contribution >= 4 is 5.82 Å². The molecule has 0 saturated carbocycles. The minimum absolute atomic E-state index is 0.445. The Hall–Kier alpha value is -2.10. The molecular weight excluding hydrogens is 334 g/mol. The van der Waals surface area contributed by atoms with E-state index in [1.54, 1.807) is 7.11 Å². The SMILES string of the molecule is CCCC(CC)Nc1nc(CC)c(-c2c(C)cc(C)cc2OC)nc1CC. The van der Waals surface area contributed by atoms with Crippen LogP contribution in [0.15, 0.2) is 12.1 Å². The van der Waals surface area contributed by atoms with Gasteiger partial charge in [-0.2, -0.15) is 0 Å². The van der Waals surface area contributed by atoms with E-state index in [2.05, 4.69) is 59.0 Å². The van der Waals surface area contributed by atoms with E-state index in [4.69, 9.17) is 14.7 Å². The zero-order valence-corrected chi connectivity index (χ0v) is 18.1. The Kier molecular flexibility index (Phi) is 7.64. The summed E-state index contributed by atoms with van der Waals surface area (Å²) in [5, 5.41) is 3.65. The van der Waals surface area contributed by atoms with Crippen LogP contribution < -0.4 is 10.1 Å². The predicted molar refractivity (Wildman–Crippen MR) is 115 cm³/mol. The molecule has 0 radical (unpaired) electrons. The number of nitrogens with one attached hydrogen (secondary N) is 1. The van der Waals surface area contributed by atoms with Gasteiger partial charge in [0.15, 0.2) is 0 Å². The molecule has 148 valence electrons. The largest absolute Gasteiger partial charge is 0.496 e. The molecule has 1 N–H and O–H groups in total. The molecule has 1 atom stereocenters. The van der Waals surface area contributed by atoms with Gasteiger partial charge in [0.05, 0.1) is 24.2 Å². The van der Waals surface area contributed by atoms with Gasteiger partial charge in [-0.3, -0.25) is 0 Å². The first kappa shape index (κ1) is 21.2. The number of hydrogen-bond donors (Lipinski definition) is 1. The first-order chi connectivity index (χ1) is 13.0. The lowest BCUT2D eigenvalue weighted by atomic mass is 9.98. The molecule has 1 heterocycles. The fraction of sp³-hybridized carbons (Fsp3) is 0.565. The van der Waals surface area contributed by atoms with Crippen molar-refractivity contribution in [3.63, 3.8) is 0 Å². The summed E-state index contributed by atoms with van der Waals surface area (Å²) in [4.78, 5) is 10.1. The van der Waals surface area contributed by atoms with Crippen LogP contribution in [0.25, 0.3) is 11.3 Å². The van der Waals surface area contributed by atoms with E-state index < -0.39 is 0 Å². The average molecular weight is 370 g/mol. The molecule has 0 bridgehead atoms. The summed E-state index contributed by atoms with van der Waals surface area (Å²) >= 11 is 0. The highest BCUT2D eigenvalue weighted by Crippen LogP contribution is 2.36. The van der Waals surface area contributed by atoms with Crippen molar-refractivity contribution in [1.82, 2.24) is 9.97 Å². The summed E-state index contributed by atoms with van der Waals surface area (Å²) in [7, 11) is 1.73. The van der Waals surface area contributed by atoms with E-state index >= 15 is 0 Å². The summed E-state index contributed by atoms with van der Waals surface area (Å²) in [6, 6.07) is 4.71. The number of benzene rings is 1. The number of aryl methyl sites for hydroxylation is 4. The number of methoxy groups -OCH3 is 1. The van der Waals surface area contributed by atoms with Crippen LogP contribution in [0, 0.1) is 13.8 Å². The lowest BCUT2D eigenvalue weighted by Crippen LogP contribution is -2.21. The van der Waals surface area contributed by atoms with Crippen molar-refractivity contribution in [1.29, 1.82) is 0 Å². The number of nitrogens with zero attached hydrogens (tertiary/aromatic N) is 2. The minimum Gasteiger partial charge on any atom is -0.496 e. The fourth-order valence-electron chi connectivity index (χ4n) is 3.63. The van der Waals surface area contributed by atoms with Crippen molar-refractivity contribution < 1.29 is 4.74 Å². The van der Waals surface area contributed by atoms with E-state index in [-0.39, 0.29) is 0 Å². The molecule has 1 aromatic carbocycles. The summed E-state index contributed by atoms with van der Waals surface area (Å²) in [5.41, 5.74) is 6.44. The number of ether oxygens (including phenoxy) is 1. The molecule has 4 heteroatoms. The van der Waals surface area contributed by atoms with E-state index in [1.165, 1.54) is 17.5 Å². The Morgan fingerprint density at radius 1 is 1.00 bits per heavy atom. The van der Waals surface area contributed by atoms with Crippen LogP contribution >= 0.6 is 0 Å². The highest BCUT2D eigenvalue weighted by atomic mass is 16.5. The van der Waals surface area contributed by atoms with Gasteiger partial charge in [-0.05, 0) is 56.7 Å². The molecule has 0 saturated heterocycles. The molecule has 2 aromatic rings. The van der Waals surface area contributed by atoms with Crippen LogP contribution in [-0.2, 0) is 12.8 Å². The molecule has 0 fully saturated rings. The van der Waals surface area contributed by atoms with Gasteiger partial charge in [0.2, 0.25) is 0 Å². The van der Waals surface area contributed by atoms with Crippen LogP contribution in [0.5, 0.6) is 5.75 Å². The highest BCUT2D eigenvalue weighted by molar-refractivity contribution is 5.74. The maximum Gasteiger partial charge on any atom is 0.148 e. The lowest BCUT2D eigenvalue weighted by Gasteiger charge is -2.21. The summed E-state index contributed by atoms with van der Waals surface area (Å²) < 4.78 is 5.70. The van der Waals surface area contributed by atoms with Gasteiger partial charge in [0.25, 0.3) is 0 Å². The van der Waals surface area contributed by atoms with Gasteiger partial charge < -0.3 is 10.1 Å². The zero-order valence-electron chi connectivity index (χ0n) is 18.1. The third-order valence-electron chi connectivity index (χ3n) is 5.08. The van der Waals surface area contributed by atoms with Gasteiger partial charge in [-0.15, -0.1) is 0 Å². The lowest BCUT2D eigenvalue weighted by molar-refractivity contribution is 0.415. The second-order valence-electron chi connectivity index (χ2n) is 7.22. The molecule has 27 heavy (non-hydrogen) atoms. The Bertz CT molecular complexity index is 771. The van der Waals surface area contributed by atoms with Crippen LogP contribution in [0.1, 0.15) is 69.5 Å². The van der Waals surface area contributed by atoms with Gasteiger partial charge in [-0.25, -0.2) is 9.97 Å². The maximum atomic E-state index is 5.70. The smallest absolute Gasteiger partial charge is 0.148 e. The number of hydrogen-bond acceptors (Lipinski definition) is 4. The van der Waals surface area contributed by atoms with Crippen molar-refractivity contribution in [2.24, 2.45) is 0 Å². The van der Waals surface area contributed by atoms with E-state index in [0.717, 1.165) is 59.9 Å². The topological polar surface area (TPSA) is 47.0 Å². The van der Waals surface area contributed by atoms with Crippen molar-refractivity contribution in [3.05, 3.63) is 34.6 Å². The van der Waals surface area contributed by atoms with Gasteiger partial charge >= 0.3 is 0 Å². The second-order valence-corrected chi connectivity index (χ2v) is 7.22. The van der Waals surface area contributed by atoms with Gasteiger partial charge in [-0.1, -0.05) is 40.2 Å². The third-order valence-corrected chi connectivity index (χ3v) is 5.08. The third kappa shape index (κ3) is 4.79. The van der Waals surface area contributed by atoms with Crippen LogP contribution in [-0.4, -0.2) is 23.1 Å². The van der Waals surface area contributed by atoms with Crippen LogP contribution in [0.3, 0.4) is 0 Å². The molecule has 0 aliphatic carbocycles. The molecule has 0 aliphatic heterocycles. The maximum absolute atomic E-state index is 5.70. The fourth-order valence-corrected chi connectivity index (χ4v) is 3.63. The predicted octanol–water partition coefficient (Wildman–Crippen LogP) is 5.88. The molecule has 0 amide bonds. The summed E-state index contributed by atoms with van der Waals surface area (Å²) in [6.45, 7) is 12.9. The summed E-state index contributed by atoms with van der Waals surface area (Å²) in [5.74, 6) is 1.82. The van der Waals surface area contributed by atoms with Gasteiger partial charge in [0.1, 0.15) is 11.6 Å². The molecule has 0 spiro atoms. The number of anilines is 1. The van der Waals surface area contributed by atoms with Crippen molar-refractivity contribution in [3.8, 4) is 17.0 Å². The standard InChI is InChI=1S/C23H35N3O/c1-8-12-17(9-2)24-23-19(11-4)25-22(18(10-3)26-23)21-16(6)13-15(5)14-20(21)27-7/h13-14,17H,8-12H2,1-7H3,(H,24,26). The molecule has 1 unspecified atom stereocenters. The number of rotatable bonds is 9. The van der Waals surface area contributed by atoms with Crippen LogP contribution in [0.2, 0.25) is 0 Å². The quantitative estimate of drug-likeness (QED) is 0.599. The molecule has 0 aliphatic rings. The average Bonchev–Trinajstić information content (AvgIpc) is 2.66. The minimum atomic E-state index is 0.445. The second kappa shape index (κ2) is 9.72. The Morgan fingerprint density at radius 3 is 2.26 bits per heavy atom. The Labute approximate surface area is 164 Å². The van der Waals surface area contributed by atoms with E-state index in [0.29, 0.717) is 6.04 Å². The molecule has 4 nitrogen and oxygen atoms in total. The molecule has 2 rings (SSSR count). The van der Waals surface area contributed by atoms with Gasteiger partial charge in [0, 0.05) is 11.6 Å². The van der Waals surface area contributed by atoms with Crippen LogP contribution in [0.4, 0.5) is 5.82 Å². The Morgan fingerprint density at radius 2 is 1.70 bits per heavy atom. The van der Waals surface area contributed by atoms with Crippen molar-refractivity contribution in [2.75, 3.05) is 12.4 Å². The van der Waals surface area contributed by atoms with E-state index in [1.807, 2.05) is 0 Å². The summed E-state index contributed by atoms with van der Waals surface area (Å²) in [6.07, 6.45) is 5.09. The number of aromatic nitrogens is 2. The first-order valence-corrected chi connectivity index (χ1v) is 10.3. The Balaban J connectivity index is 2.60. The molecular formula is C23H35N3O. The zero-order chi connectivity index (χ0) is 20.0. The highest BCUT2D eigenvalue weighted by Gasteiger charge is 2.20. The first-order valence-electron chi connectivity index (χ1n) is 10.3. The monoisotopic (exact) mass is 369 g/mol. The normalized spacial score (nSPS) is 12.1. The van der Waals surface area contributed by atoms with E-state index in [9.17, 15) is 0 Å². The van der Waals surface area contributed by atoms with Crippen molar-refractivity contribution in [2.45, 2.75) is 79.7 Å². The molecule has 1 aromatic heterocycles.